The third kappa shape index (κ3) is 7.64. The maximum absolute atomic E-state index is 13.5. The molecule has 0 aliphatic heterocycles. The quantitative estimate of drug-likeness (QED) is 0.119. The number of aromatic nitrogens is 2. The van der Waals surface area contributed by atoms with Gasteiger partial charge in [0.15, 0.2) is 0 Å². The van der Waals surface area contributed by atoms with Crippen molar-refractivity contribution in [3.05, 3.63) is 101 Å². The van der Waals surface area contributed by atoms with Crippen molar-refractivity contribution in [2.24, 2.45) is 0 Å². The highest BCUT2D eigenvalue weighted by atomic mass is 35.5. The number of nitrogens with one attached hydrogen (secondary N) is 2. The van der Waals surface area contributed by atoms with Crippen molar-refractivity contribution in [2.75, 3.05) is 5.32 Å². The molecular formula is C31H26ClFN4O6. The largest absolute Gasteiger partial charge is 0.487 e. The number of fused-ring (bicyclic) bond motifs is 1. The molecule has 2 heterocycles. The monoisotopic (exact) mass is 604 g/mol. The van der Waals surface area contributed by atoms with Gasteiger partial charge in [0.25, 0.3) is 0 Å². The Labute approximate surface area is 250 Å². The summed E-state index contributed by atoms with van der Waals surface area (Å²) >= 11 is 6.46. The Morgan fingerprint density at radius 1 is 1.02 bits per heavy atom. The number of furan rings is 1. The summed E-state index contributed by atoms with van der Waals surface area (Å²) in [5, 5.41) is 25.4. The van der Waals surface area contributed by atoms with E-state index < -0.39 is 18.0 Å². The summed E-state index contributed by atoms with van der Waals surface area (Å²) in [6.07, 6.45) is 1.14. The second-order valence-electron chi connectivity index (χ2n) is 9.61. The number of ether oxygens (including phenoxy) is 1. The van der Waals surface area contributed by atoms with Crippen molar-refractivity contribution < 1.29 is 33.3 Å². The molecule has 0 saturated heterocycles. The van der Waals surface area contributed by atoms with Crippen molar-refractivity contribution in [1.29, 1.82) is 0 Å². The molecule has 10 nitrogen and oxygen atoms in total. The normalized spacial score (nSPS) is 11.8. The van der Waals surface area contributed by atoms with Gasteiger partial charge in [-0.1, -0.05) is 23.7 Å². The number of aliphatic carboxylic acids is 2. The number of anilines is 2. The van der Waals surface area contributed by atoms with Crippen LogP contribution in [-0.4, -0.2) is 38.2 Å². The van der Waals surface area contributed by atoms with E-state index >= 15 is 0 Å². The molecule has 0 aliphatic carbocycles. The van der Waals surface area contributed by atoms with Crippen molar-refractivity contribution >= 4 is 45.9 Å². The van der Waals surface area contributed by atoms with E-state index in [4.69, 9.17) is 25.9 Å². The molecule has 0 bridgehead atoms. The second-order valence-corrected chi connectivity index (χ2v) is 10.0. The van der Waals surface area contributed by atoms with Crippen LogP contribution in [0, 0.1) is 5.82 Å². The van der Waals surface area contributed by atoms with Crippen LogP contribution in [0.3, 0.4) is 0 Å². The highest BCUT2D eigenvalue weighted by Gasteiger charge is 2.19. The summed E-state index contributed by atoms with van der Waals surface area (Å²) in [5.41, 5.74) is 2.78. The number of carboxylic acids is 2. The molecule has 43 heavy (non-hydrogen) atoms. The number of hydrogen-bond donors (Lipinski definition) is 4. The fraction of sp³-hybridized carbons (Fsp3) is 0.161. The maximum atomic E-state index is 13.5. The van der Waals surface area contributed by atoms with E-state index in [2.05, 4.69) is 20.6 Å². The first-order chi connectivity index (χ1) is 20.7. The van der Waals surface area contributed by atoms with E-state index in [0.717, 1.165) is 10.9 Å². The lowest BCUT2D eigenvalue weighted by Crippen LogP contribution is -2.36. The fourth-order valence-corrected chi connectivity index (χ4v) is 4.60. The van der Waals surface area contributed by atoms with Crippen LogP contribution < -0.4 is 15.4 Å². The van der Waals surface area contributed by atoms with Crippen LogP contribution in [0.25, 0.3) is 22.2 Å². The summed E-state index contributed by atoms with van der Waals surface area (Å²) in [5.74, 6) is -0.500. The van der Waals surface area contributed by atoms with Crippen LogP contribution in [0.1, 0.15) is 24.2 Å². The lowest BCUT2D eigenvalue weighted by Gasteiger charge is -2.12. The Kier molecular flexibility index (Phi) is 9.14. The first-order valence-corrected chi connectivity index (χ1v) is 13.6. The molecule has 0 spiro atoms. The molecule has 5 rings (SSSR count). The maximum Gasteiger partial charge on any atom is 0.320 e. The Bertz CT molecular complexity index is 1780. The summed E-state index contributed by atoms with van der Waals surface area (Å²) in [6, 6.07) is 19.4. The first kappa shape index (κ1) is 29.5. The summed E-state index contributed by atoms with van der Waals surface area (Å²) < 4.78 is 25.2. The molecule has 0 fully saturated rings. The molecule has 1 atom stereocenters. The van der Waals surface area contributed by atoms with Crippen LogP contribution in [-0.2, 0) is 22.7 Å². The summed E-state index contributed by atoms with van der Waals surface area (Å²) in [6.45, 7) is 0.280. The Hall–Kier alpha value is -5.00. The van der Waals surface area contributed by atoms with Gasteiger partial charge in [-0.05, 0) is 72.6 Å². The van der Waals surface area contributed by atoms with Crippen LogP contribution in [0.5, 0.6) is 5.75 Å². The number of carboxylic acid groups (broad SMARTS) is 2. The molecule has 5 aromatic rings. The molecule has 4 N–H and O–H groups in total. The molecule has 12 heteroatoms. The predicted molar refractivity (Wildman–Crippen MR) is 158 cm³/mol. The third-order valence-corrected chi connectivity index (χ3v) is 6.82. The summed E-state index contributed by atoms with van der Waals surface area (Å²) in [7, 11) is 0. The highest BCUT2D eigenvalue weighted by molar-refractivity contribution is 6.32. The van der Waals surface area contributed by atoms with E-state index in [-0.39, 0.29) is 31.8 Å². The molecule has 0 amide bonds. The molecule has 0 radical (unpaired) electrons. The number of nitrogens with zero attached hydrogens (tertiary/aromatic N) is 2. The molecule has 2 aromatic heterocycles. The van der Waals surface area contributed by atoms with E-state index in [1.807, 2.05) is 18.2 Å². The zero-order chi connectivity index (χ0) is 30.3. The average Bonchev–Trinajstić information content (AvgIpc) is 3.45. The van der Waals surface area contributed by atoms with Crippen LogP contribution >= 0.6 is 11.6 Å². The average molecular weight is 605 g/mol. The third-order valence-electron chi connectivity index (χ3n) is 6.53. The fourth-order valence-electron chi connectivity index (χ4n) is 4.36. The smallest absolute Gasteiger partial charge is 0.320 e. The number of benzene rings is 3. The standard InChI is InChI=1S/C31H26ClFN4O6/c32-24-14-21(5-9-28(24)42-16-18-2-1-3-20(33)12-18)37-30-23-13-19(4-7-25(23)35-17-36-30)27-10-6-22(43-27)15-34-26(31(40)41)8-11-29(38)39/h1-7,9-10,12-14,17,26,34H,8,11,15-16H2,(H,38,39)(H,40,41)(H,35,36,37). The van der Waals surface area contributed by atoms with Gasteiger partial charge in [-0.25, -0.2) is 14.4 Å². The molecule has 0 aliphatic rings. The van der Waals surface area contributed by atoms with E-state index in [0.29, 0.717) is 44.9 Å². The molecule has 1 unspecified atom stereocenters. The van der Waals surface area contributed by atoms with Crippen LogP contribution in [0.2, 0.25) is 5.02 Å². The second kappa shape index (κ2) is 13.3. The van der Waals surface area contributed by atoms with Gasteiger partial charge in [0, 0.05) is 23.1 Å². The topological polar surface area (TPSA) is 147 Å². The number of rotatable bonds is 13. The van der Waals surface area contributed by atoms with Crippen molar-refractivity contribution in [2.45, 2.75) is 32.0 Å². The van der Waals surface area contributed by atoms with Gasteiger partial charge in [0.05, 0.1) is 17.1 Å². The molecule has 220 valence electrons. The molecule has 0 saturated carbocycles. The number of hydrogen-bond acceptors (Lipinski definition) is 8. The lowest BCUT2D eigenvalue weighted by atomic mass is 10.1. The van der Waals surface area contributed by atoms with Crippen LogP contribution in [0.15, 0.2) is 83.5 Å². The number of halogens is 2. The minimum atomic E-state index is -1.13. The minimum Gasteiger partial charge on any atom is -0.487 e. The zero-order valence-electron chi connectivity index (χ0n) is 22.6. The highest BCUT2D eigenvalue weighted by Crippen LogP contribution is 2.33. The van der Waals surface area contributed by atoms with E-state index in [1.165, 1.54) is 18.5 Å². The van der Waals surface area contributed by atoms with Gasteiger partial charge < -0.3 is 24.7 Å². The van der Waals surface area contributed by atoms with Crippen molar-refractivity contribution in [3.63, 3.8) is 0 Å². The molecular weight excluding hydrogens is 579 g/mol. The van der Waals surface area contributed by atoms with Crippen LogP contribution in [0.4, 0.5) is 15.9 Å². The van der Waals surface area contributed by atoms with Gasteiger partial charge in [0.1, 0.15) is 47.9 Å². The Morgan fingerprint density at radius 3 is 2.65 bits per heavy atom. The van der Waals surface area contributed by atoms with Gasteiger partial charge in [0.2, 0.25) is 0 Å². The first-order valence-electron chi connectivity index (χ1n) is 13.2. The van der Waals surface area contributed by atoms with Gasteiger partial charge in [-0.3, -0.25) is 14.9 Å². The minimum absolute atomic E-state index is 0.0471. The predicted octanol–water partition coefficient (Wildman–Crippen LogP) is 6.41. The SMILES string of the molecule is O=C(O)CCC(NCc1ccc(-c2ccc3ncnc(Nc4ccc(OCc5cccc(F)c5)c(Cl)c4)c3c2)o1)C(=O)O. The summed E-state index contributed by atoms with van der Waals surface area (Å²) in [4.78, 5) is 31.0. The van der Waals surface area contributed by atoms with Crippen molar-refractivity contribution in [1.82, 2.24) is 15.3 Å². The van der Waals surface area contributed by atoms with Crippen molar-refractivity contribution in [3.8, 4) is 17.1 Å². The van der Waals surface area contributed by atoms with E-state index in [1.54, 1.807) is 42.5 Å². The van der Waals surface area contributed by atoms with E-state index in [9.17, 15) is 19.1 Å². The Morgan fingerprint density at radius 2 is 1.88 bits per heavy atom. The number of carbonyl (C=O) groups is 2. The lowest BCUT2D eigenvalue weighted by molar-refractivity contribution is -0.140. The van der Waals surface area contributed by atoms with Gasteiger partial charge >= 0.3 is 11.9 Å². The Balaban J connectivity index is 1.29. The van der Waals surface area contributed by atoms with Gasteiger partial charge in [-0.2, -0.15) is 0 Å². The zero-order valence-corrected chi connectivity index (χ0v) is 23.3. The molecule has 3 aromatic carbocycles. The van der Waals surface area contributed by atoms with Gasteiger partial charge in [-0.15, -0.1) is 0 Å².